The number of fused-ring (bicyclic) bond motifs is 20. The van der Waals surface area contributed by atoms with E-state index >= 15 is 0 Å². The van der Waals surface area contributed by atoms with Gasteiger partial charge in [-0.1, -0.05) is 323 Å². The Morgan fingerprint density at radius 1 is 0.230 bits per heavy atom. The molecule has 22 heteroatoms. The van der Waals surface area contributed by atoms with Crippen LogP contribution < -0.4 is 23.3 Å². The molecule has 1 aliphatic rings. The highest BCUT2D eigenvalue weighted by Crippen LogP contribution is 2.54. The van der Waals surface area contributed by atoms with Gasteiger partial charge in [-0.3, -0.25) is 0 Å². The number of rotatable bonds is 17. The third kappa shape index (κ3) is 16.6. The predicted octanol–water partition coefficient (Wildman–Crippen LogP) is 27.5. The molecule has 26 rings (SSSR count). The molecule has 0 saturated heterocycles. The molecule has 25 aromatic rings. The minimum atomic E-state index is -0.0293. The number of nitrogens with zero attached hydrogens (tertiary/aromatic N) is 2. The molecule has 0 unspecified atom stereocenters. The summed E-state index contributed by atoms with van der Waals surface area (Å²) in [6.45, 7) is 4.59. The number of hydrogen-bond donors (Lipinski definition) is 5. The van der Waals surface area contributed by atoms with E-state index in [1.54, 1.807) is 30.3 Å². The highest BCUT2D eigenvalue weighted by molar-refractivity contribution is 6.23. The van der Waals surface area contributed by atoms with Crippen molar-refractivity contribution in [2.75, 3.05) is 0 Å². The van der Waals surface area contributed by atoms with Gasteiger partial charge in [0, 0.05) is 87.6 Å². The van der Waals surface area contributed by atoms with Crippen LogP contribution in [0.4, 0.5) is 0 Å². The van der Waals surface area contributed by atoms with Gasteiger partial charge in [-0.15, -0.1) is 0 Å². The molecule has 1 aliphatic carbocycles. The second-order valence-electron chi connectivity index (χ2n) is 33.9. The van der Waals surface area contributed by atoms with Gasteiger partial charge in [-0.2, -0.15) is 0 Å². The lowest BCUT2D eigenvalue weighted by Gasteiger charge is -2.21. The summed E-state index contributed by atoms with van der Waals surface area (Å²) in [7, 11) is 3.35. The van der Waals surface area contributed by atoms with Gasteiger partial charge in [0.05, 0.1) is 5.52 Å². The van der Waals surface area contributed by atoms with Crippen LogP contribution in [0.3, 0.4) is 0 Å². The van der Waals surface area contributed by atoms with E-state index in [0.717, 1.165) is 159 Å². The Bertz CT molecular complexity index is 8920. The Morgan fingerprint density at radius 3 is 1.05 bits per heavy atom. The lowest BCUT2D eigenvalue weighted by molar-refractivity contribution is 0.450. The van der Waals surface area contributed by atoms with Crippen LogP contribution in [0.15, 0.2) is 429 Å². The number of furan rings is 5. The van der Waals surface area contributed by atoms with E-state index in [4.69, 9.17) is 75.5 Å². The number of aromatic nitrogens is 2. The minimum Gasteiger partial charge on any atom is -0.535 e. The molecule has 0 fully saturated rings. The first-order chi connectivity index (χ1) is 68.5. The molecule has 139 heavy (non-hydrogen) atoms. The fourth-order valence-electron chi connectivity index (χ4n) is 19.1. The maximum Gasteiger partial charge on any atom is 0.569 e. The zero-order chi connectivity index (χ0) is 94.0. The number of benzene rings is 19. The van der Waals surface area contributed by atoms with Crippen molar-refractivity contribution in [3.8, 4) is 118 Å². The van der Waals surface area contributed by atoms with Gasteiger partial charge in [0.25, 0.3) is 0 Å². The van der Waals surface area contributed by atoms with Crippen LogP contribution in [0, 0.1) is 0 Å². The average Bonchev–Trinajstić information content (AvgIpc) is 1.54. The van der Waals surface area contributed by atoms with Gasteiger partial charge in [0.15, 0.2) is 33.7 Å². The molecular formula is C117H78B5N2O15. The molecular weight excluding hydrogens is 1730 g/mol. The molecule has 5 radical (unpaired) electrons. The van der Waals surface area contributed by atoms with Gasteiger partial charge < -0.3 is 70.5 Å². The van der Waals surface area contributed by atoms with Crippen molar-refractivity contribution in [3.05, 3.63) is 418 Å². The van der Waals surface area contributed by atoms with Gasteiger partial charge in [-0.05, 0) is 180 Å². The van der Waals surface area contributed by atoms with Gasteiger partial charge in [0.2, 0.25) is 0 Å². The third-order valence-electron chi connectivity index (χ3n) is 25.6. The molecule has 0 spiro atoms. The highest BCUT2D eigenvalue weighted by Gasteiger charge is 2.37. The number of para-hydroxylation sites is 6. The van der Waals surface area contributed by atoms with E-state index in [0.29, 0.717) is 101 Å². The van der Waals surface area contributed by atoms with Crippen molar-refractivity contribution in [1.82, 2.24) is 9.97 Å². The van der Waals surface area contributed by atoms with E-state index in [-0.39, 0.29) is 5.41 Å². The van der Waals surface area contributed by atoms with Crippen molar-refractivity contribution in [2.45, 2.75) is 19.3 Å². The molecule has 6 heterocycles. The van der Waals surface area contributed by atoms with Crippen molar-refractivity contribution in [2.24, 2.45) is 0 Å². The predicted molar refractivity (Wildman–Crippen MR) is 558 cm³/mol. The first kappa shape index (κ1) is 87.3. The summed E-state index contributed by atoms with van der Waals surface area (Å²) in [6.07, 6.45) is 1.86. The van der Waals surface area contributed by atoms with Crippen LogP contribution in [0.1, 0.15) is 25.0 Å². The maximum atomic E-state index is 9.07. The van der Waals surface area contributed by atoms with Crippen LogP contribution in [0.25, 0.3) is 221 Å². The third-order valence-corrected chi connectivity index (χ3v) is 25.6. The van der Waals surface area contributed by atoms with E-state index in [1.807, 2.05) is 200 Å². The second-order valence-corrected chi connectivity index (χ2v) is 33.9. The Morgan fingerprint density at radius 2 is 0.561 bits per heavy atom. The molecule has 0 aliphatic heterocycles. The normalized spacial score (nSPS) is 11.8. The summed E-state index contributed by atoms with van der Waals surface area (Å²) in [6, 6.07) is 134. The van der Waals surface area contributed by atoms with Gasteiger partial charge >= 0.3 is 38.4 Å². The Kier molecular flexibility index (Phi) is 23.8. The zero-order valence-electron chi connectivity index (χ0n) is 74.8. The summed E-state index contributed by atoms with van der Waals surface area (Å²) in [5.74, 6) is 3.13. The lowest BCUT2D eigenvalue weighted by Crippen LogP contribution is -2.14. The minimum absolute atomic E-state index is 0.0293. The first-order valence-electron chi connectivity index (χ1n) is 45.1. The van der Waals surface area contributed by atoms with E-state index in [9.17, 15) is 0 Å². The monoisotopic (exact) mass is 1810 g/mol. The molecule has 0 amide bonds. The topological polar surface area (TPSA) is 239 Å². The molecule has 0 atom stereocenters. The quantitative estimate of drug-likeness (QED) is 0.0533. The smallest absolute Gasteiger partial charge is 0.535 e. The van der Waals surface area contributed by atoms with E-state index in [1.165, 1.54) is 38.9 Å². The van der Waals surface area contributed by atoms with Crippen LogP contribution in [0.2, 0.25) is 0 Å². The SMILES string of the molecule is CC1(C)c2ccccc2-c2c(-c3ccc4c(c3)oc3c(O[B]O)cccc34)cccc21.O[B]Oc1cccc2c1oc1c(-c3ccccc3)c3ccccc3cc12.O[B]Oc1cccc2c1oc1cc(-c3cccc(-c4ccccc4)c3)ccc12.O[B]Oc1cccc2c1oc1cc(-c3cccc4cnc(-c5ccccc5)nc34)ccc12.O[B]Oc1cccc2c1oc1cc(-c3ccccc3)ccc12. The highest BCUT2D eigenvalue weighted by atomic mass is 16.5. The molecule has 5 N–H and O–H groups in total. The van der Waals surface area contributed by atoms with Crippen LogP contribution in [-0.2, 0) is 5.41 Å². The largest absolute Gasteiger partial charge is 0.569 e. The molecule has 19 aromatic carbocycles. The van der Waals surface area contributed by atoms with E-state index < -0.39 is 0 Å². The van der Waals surface area contributed by atoms with Crippen molar-refractivity contribution >= 4 is 170 Å². The van der Waals surface area contributed by atoms with Crippen LogP contribution in [-0.4, -0.2) is 73.5 Å². The first-order valence-corrected chi connectivity index (χ1v) is 45.1. The standard InChI is InChI=1S/C27H20BO3.C26H16BN2O3.C24H16BO3.C22H14BO3.C18H12BO3/c1-27(2)21-10-4-3-7-20(21)25-17(8-5-11-22(25)27)16-13-14-18-19-9-6-12-23(31-28-29)26(19)30-24(18)15-16;30-27-32-22-11-5-10-21-20-13-12-17(14-23(20)31-25(21)22)19-9-4-8-18-15-28-26(29-24(18)19)16-6-2-1-3-7-16;26-25-28-22-11-5-10-21-20-13-12-19(15-23(20)27-24(21)22)18-9-4-8-17(14-18)16-6-2-1-3-7-16;24-23-26-19-12-6-11-17-18-13-15-9-4-5-10-16(15)20(22(18)25-21(17)19)14-7-2-1-3-8-14;20-19-22-16-8-4-7-15-14-10-9-13(11-17(14)21-18(15)16)12-5-2-1-3-6-12/h3-15,29H,1-2H3;1-15,30H;1-15,26H;1-13,24H;1-11,20H. The summed E-state index contributed by atoms with van der Waals surface area (Å²) in [5.41, 5.74) is 27.5. The van der Waals surface area contributed by atoms with Crippen LogP contribution in [0.5, 0.6) is 28.7 Å². The molecule has 6 aromatic heterocycles. The van der Waals surface area contributed by atoms with E-state index in [2.05, 4.69) is 195 Å². The van der Waals surface area contributed by atoms with Crippen molar-refractivity contribution in [1.29, 1.82) is 0 Å². The molecule has 17 nitrogen and oxygen atoms in total. The number of hydrogen-bond acceptors (Lipinski definition) is 17. The average molecular weight is 1810 g/mol. The Labute approximate surface area is 800 Å². The Hall–Kier alpha value is -17.1. The summed E-state index contributed by atoms with van der Waals surface area (Å²) in [4.78, 5) is 9.44. The fraction of sp³-hybridized carbons (Fsp3) is 0.0256. The molecule has 661 valence electrons. The van der Waals surface area contributed by atoms with Crippen molar-refractivity contribution < 1.29 is 70.5 Å². The maximum absolute atomic E-state index is 9.07. The lowest BCUT2D eigenvalue weighted by atomic mass is 9.82. The Balaban J connectivity index is 0.000000101. The van der Waals surface area contributed by atoms with Gasteiger partial charge in [-0.25, -0.2) is 9.97 Å². The zero-order valence-corrected chi connectivity index (χ0v) is 74.8. The van der Waals surface area contributed by atoms with Crippen LogP contribution >= 0.6 is 0 Å². The summed E-state index contributed by atoms with van der Waals surface area (Å²) in [5, 5.41) is 58.1. The summed E-state index contributed by atoms with van der Waals surface area (Å²) >= 11 is 0. The molecule has 0 bridgehead atoms. The van der Waals surface area contributed by atoms with Crippen molar-refractivity contribution in [3.63, 3.8) is 0 Å². The van der Waals surface area contributed by atoms with Gasteiger partial charge in [0.1, 0.15) is 56.7 Å². The summed E-state index contributed by atoms with van der Waals surface area (Å²) < 4.78 is 56.5. The second kappa shape index (κ2) is 38.0. The molecule has 0 saturated carbocycles. The fourth-order valence-corrected chi connectivity index (χ4v) is 19.1.